The van der Waals surface area contributed by atoms with Gasteiger partial charge in [-0.2, -0.15) is 4.98 Å². The summed E-state index contributed by atoms with van der Waals surface area (Å²) in [6, 6.07) is 4.28. The Hall–Kier alpha value is -1.88. The highest BCUT2D eigenvalue weighted by atomic mass is 35.5. The molecule has 6 heteroatoms. The third-order valence-electron chi connectivity index (χ3n) is 2.06. The second-order valence-electron chi connectivity index (χ2n) is 3.15. The summed E-state index contributed by atoms with van der Waals surface area (Å²) >= 11 is 5.65. The maximum absolute atomic E-state index is 13.6. The Labute approximate surface area is 96.1 Å². The van der Waals surface area contributed by atoms with E-state index >= 15 is 0 Å². The first-order chi connectivity index (χ1) is 7.58. The quantitative estimate of drug-likeness (QED) is 0.798. The van der Waals surface area contributed by atoms with Crippen LogP contribution in [0.4, 0.5) is 16.2 Å². The lowest BCUT2D eigenvalue weighted by molar-refractivity contribution is 0.631. The van der Waals surface area contributed by atoms with Gasteiger partial charge in [0.05, 0.1) is 0 Å². The zero-order chi connectivity index (χ0) is 11.7. The van der Waals surface area contributed by atoms with Crippen molar-refractivity contribution in [2.24, 2.45) is 0 Å². The van der Waals surface area contributed by atoms with Crippen LogP contribution in [0.25, 0.3) is 11.1 Å². The minimum Gasteiger partial charge on any atom is -0.383 e. The molecule has 0 aliphatic rings. The third kappa shape index (κ3) is 1.90. The van der Waals surface area contributed by atoms with Gasteiger partial charge in [0, 0.05) is 22.3 Å². The third-order valence-corrected chi connectivity index (χ3v) is 2.29. The van der Waals surface area contributed by atoms with Gasteiger partial charge in [-0.05, 0) is 18.2 Å². The molecule has 1 aromatic carbocycles. The molecule has 4 nitrogen and oxygen atoms in total. The van der Waals surface area contributed by atoms with E-state index in [9.17, 15) is 4.39 Å². The zero-order valence-corrected chi connectivity index (χ0v) is 8.87. The van der Waals surface area contributed by atoms with Gasteiger partial charge in [0.2, 0.25) is 5.95 Å². The standard InChI is InChI=1S/C10H8ClFN4/c11-5-1-2-6(8(12)3-5)7-4-15-10(14)16-9(7)13/h1-4H,(H4,13,14,15,16). The van der Waals surface area contributed by atoms with Gasteiger partial charge in [-0.3, -0.25) is 0 Å². The minimum atomic E-state index is -0.479. The molecule has 2 aromatic rings. The molecule has 4 N–H and O–H groups in total. The van der Waals surface area contributed by atoms with Gasteiger partial charge in [-0.25, -0.2) is 9.37 Å². The van der Waals surface area contributed by atoms with Crippen LogP contribution in [-0.2, 0) is 0 Å². The fourth-order valence-corrected chi connectivity index (χ4v) is 1.48. The van der Waals surface area contributed by atoms with Crippen molar-refractivity contribution >= 4 is 23.4 Å². The smallest absolute Gasteiger partial charge is 0.221 e. The molecule has 1 aromatic heterocycles. The molecule has 0 amide bonds. The van der Waals surface area contributed by atoms with E-state index in [1.165, 1.54) is 18.3 Å². The van der Waals surface area contributed by atoms with Crippen molar-refractivity contribution in [3.8, 4) is 11.1 Å². The molecular formula is C10H8ClFN4. The maximum atomic E-state index is 13.6. The van der Waals surface area contributed by atoms with Crippen LogP contribution in [0.1, 0.15) is 0 Å². The van der Waals surface area contributed by atoms with Gasteiger partial charge in [0.25, 0.3) is 0 Å². The van der Waals surface area contributed by atoms with Crippen molar-refractivity contribution < 1.29 is 4.39 Å². The van der Waals surface area contributed by atoms with Gasteiger partial charge < -0.3 is 11.5 Å². The summed E-state index contributed by atoms with van der Waals surface area (Å²) in [6.07, 6.45) is 1.38. The molecule has 2 rings (SSSR count). The Balaban J connectivity index is 2.59. The molecule has 0 unspecified atom stereocenters. The molecule has 0 spiro atoms. The first-order valence-electron chi connectivity index (χ1n) is 4.41. The van der Waals surface area contributed by atoms with Gasteiger partial charge in [0.15, 0.2) is 0 Å². The zero-order valence-electron chi connectivity index (χ0n) is 8.11. The number of aromatic nitrogens is 2. The van der Waals surface area contributed by atoms with Crippen molar-refractivity contribution in [1.82, 2.24) is 9.97 Å². The van der Waals surface area contributed by atoms with E-state index in [-0.39, 0.29) is 11.8 Å². The number of hydrogen-bond donors (Lipinski definition) is 2. The van der Waals surface area contributed by atoms with Crippen LogP contribution in [-0.4, -0.2) is 9.97 Å². The Morgan fingerprint density at radius 2 is 1.94 bits per heavy atom. The summed E-state index contributed by atoms with van der Waals surface area (Å²) in [5.41, 5.74) is 11.7. The Bertz CT molecular complexity index is 495. The molecule has 16 heavy (non-hydrogen) atoms. The second-order valence-corrected chi connectivity index (χ2v) is 3.59. The summed E-state index contributed by atoms with van der Waals surface area (Å²) < 4.78 is 13.6. The lowest BCUT2D eigenvalue weighted by Crippen LogP contribution is -2.01. The van der Waals surface area contributed by atoms with Crippen LogP contribution >= 0.6 is 11.6 Å². The molecule has 0 fully saturated rings. The van der Waals surface area contributed by atoms with E-state index in [1.807, 2.05) is 0 Å². The highest BCUT2D eigenvalue weighted by Gasteiger charge is 2.10. The Morgan fingerprint density at radius 3 is 2.56 bits per heavy atom. The first kappa shape index (κ1) is 10.6. The van der Waals surface area contributed by atoms with Crippen LogP contribution in [0, 0.1) is 5.82 Å². The van der Waals surface area contributed by atoms with E-state index in [0.29, 0.717) is 16.1 Å². The Morgan fingerprint density at radius 1 is 1.19 bits per heavy atom. The number of rotatable bonds is 1. The molecular weight excluding hydrogens is 231 g/mol. The van der Waals surface area contributed by atoms with E-state index in [4.69, 9.17) is 23.1 Å². The SMILES string of the molecule is Nc1ncc(-c2ccc(Cl)cc2F)c(N)n1. The van der Waals surface area contributed by atoms with Crippen LogP contribution in [0.2, 0.25) is 5.02 Å². The van der Waals surface area contributed by atoms with Gasteiger partial charge in [0.1, 0.15) is 11.6 Å². The Kier molecular flexibility index (Phi) is 2.62. The highest BCUT2D eigenvalue weighted by molar-refractivity contribution is 6.30. The normalized spacial score (nSPS) is 10.4. The minimum absolute atomic E-state index is 0.0515. The predicted molar refractivity (Wildman–Crippen MR) is 61.3 cm³/mol. The molecule has 0 saturated carbocycles. The average molecular weight is 239 g/mol. The van der Waals surface area contributed by atoms with Gasteiger partial charge >= 0.3 is 0 Å². The summed E-state index contributed by atoms with van der Waals surface area (Å²) in [5.74, 6) is -0.295. The molecule has 0 saturated heterocycles. The first-order valence-corrected chi connectivity index (χ1v) is 4.79. The largest absolute Gasteiger partial charge is 0.383 e. The number of nitrogens with zero attached hydrogens (tertiary/aromatic N) is 2. The number of nitrogens with two attached hydrogens (primary N) is 2. The topological polar surface area (TPSA) is 77.8 Å². The van der Waals surface area contributed by atoms with E-state index in [0.717, 1.165) is 0 Å². The predicted octanol–water partition coefficient (Wildman–Crippen LogP) is 2.10. The van der Waals surface area contributed by atoms with E-state index in [1.54, 1.807) is 6.07 Å². The summed E-state index contributed by atoms with van der Waals surface area (Å²) in [5, 5.41) is 0.316. The van der Waals surface area contributed by atoms with Crippen molar-refractivity contribution in [2.75, 3.05) is 11.5 Å². The molecule has 0 atom stereocenters. The maximum Gasteiger partial charge on any atom is 0.221 e. The number of nitrogen functional groups attached to an aromatic ring is 2. The lowest BCUT2D eigenvalue weighted by Gasteiger charge is -2.06. The van der Waals surface area contributed by atoms with Crippen molar-refractivity contribution in [1.29, 1.82) is 0 Å². The van der Waals surface area contributed by atoms with Crippen LogP contribution in [0.3, 0.4) is 0 Å². The molecule has 0 aliphatic carbocycles. The molecule has 0 radical (unpaired) electrons. The highest BCUT2D eigenvalue weighted by Crippen LogP contribution is 2.28. The van der Waals surface area contributed by atoms with Crippen LogP contribution < -0.4 is 11.5 Å². The number of benzene rings is 1. The summed E-state index contributed by atoms with van der Waals surface area (Å²) in [6.45, 7) is 0. The molecule has 0 aliphatic heterocycles. The van der Waals surface area contributed by atoms with Crippen LogP contribution in [0.15, 0.2) is 24.4 Å². The lowest BCUT2D eigenvalue weighted by atomic mass is 10.1. The number of hydrogen-bond acceptors (Lipinski definition) is 4. The van der Waals surface area contributed by atoms with Crippen molar-refractivity contribution in [3.63, 3.8) is 0 Å². The van der Waals surface area contributed by atoms with E-state index in [2.05, 4.69) is 9.97 Å². The molecule has 1 heterocycles. The van der Waals surface area contributed by atoms with Gasteiger partial charge in [-0.15, -0.1) is 0 Å². The average Bonchev–Trinajstić information content (AvgIpc) is 2.19. The van der Waals surface area contributed by atoms with Gasteiger partial charge in [-0.1, -0.05) is 11.6 Å². The summed E-state index contributed by atoms with van der Waals surface area (Å²) in [4.78, 5) is 7.53. The molecule has 82 valence electrons. The fourth-order valence-electron chi connectivity index (χ4n) is 1.32. The number of anilines is 2. The second kappa shape index (κ2) is 3.94. The number of halogens is 2. The van der Waals surface area contributed by atoms with Crippen LogP contribution in [0.5, 0.6) is 0 Å². The van der Waals surface area contributed by atoms with Crippen molar-refractivity contribution in [2.45, 2.75) is 0 Å². The van der Waals surface area contributed by atoms with E-state index < -0.39 is 5.82 Å². The fraction of sp³-hybridized carbons (Fsp3) is 0. The molecule has 0 bridgehead atoms. The van der Waals surface area contributed by atoms with Crippen molar-refractivity contribution in [3.05, 3.63) is 35.2 Å². The monoisotopic (exact) mass is 238 g/mol. The summed E-state index contributed by atoms with van der Waals surface area (Å²) in [7, 11) is 0.